The Morgan fingerprint density at radius 1 is 0.531 bits per heavy atom. The Morgan fingerprint density at radius 2 is 0.953 bits per heavy atom. The number of para-hydroxylation sites is 4. The summed E-state index contributed by atoms with van der Waals surface area (Å²) in [4.78, 5) is 21.9. The van der Waals surface area contributed by atoms with Crippen LogP contribution in [0.2, 0.25) is 0 Å². The first-order chi connectivity index (χ1) is 30.5. The summed E-state index contributed by atoms with van der Waals surface area (Å²) in [5, 5.41) is 18.9. The summed E-state index contributed by atoms with van der Waals surface area (Å²) in [7, 11) is -7.52. The summed E-state index contributed by atoms with van der Waals surface area (Å²) in [6, 6.07) is 41.4. The fraction of sp³-hybridized carbons (Fsp3) is 0.167. The normalized spacial score (nSPS) is 11.4. The van der Waals surface area contributed by atoms with E-state index < -0.39 is 32.0 Å². The average molecular weight is 909 g/mol. The van der Waals surface area contributed by atoms with Gasteiger partial charge < -0.3 is 29.2 Å². The first kappa shape index (κ1) is 47.7. The summed E-state index contributed by atoms with van der Waals surface area (Å²) < 4.78 is 78.1. The van der Waals surface area contributed by atoms with Crippen molar-refractivity contribution in [3.05, 3.63) is 179 Å². The van der Waals surface area contributed by atoms with Gasteiger partial charge in [0.15, 0.2) is 0 Å². The van der Waals surface area contributed by atoms with E-state index >= 15 is 0 Å². The van der Waals surface area contributed by atoms with E-state index in [9.17, 15) is 26.4 Å². The maximum atomic E-state index is 12.9. The van der Waals surface area contributed by atoms with Crippen LogP contribution in [-0.4, -0.2) is 65.4 Å². The van der Waals surface area contributed by atoms with Crippen LogP contribution in [0.1, 0.15) is 52.6 Å². The van der Waals surface area contributed by atoms with E-state index in [0.717, 1.165) is 16.5 Å². The van der Waals surface area contributed by atoms with Crippen LogP contribution in [0.15, 0.2) is 162 Å². The number of benzene rings is 6. The third-order valence-electron chi connectivity index (χ3n) is 8.96. The van der Waals surface area contributed by atoms with Crippen LogP contribution in [0.5, 0.6) is 23.0 Å². The van der Waals surface area contributed by atoms with E-state index in [0.29, 0.717) is 34.4 Å². The monoisotopic (exact) mass is 908 g/mol. The highest BCUT2D eigenvalue weighted by Gasteiger charge is 2.19. The SMILES string of the molecule is CC(C)(C)c1ccc(S(=O)(=O)Nc2ccccc2OCCOc2ccc(C(=O)O)cc2)cc1.O=C(O)c1ccc(OCCOc2ccccc2NS(=O)(=O)/C=C/c2ccccc2)cc1. The molecule has 0 atom stereocenters. The molecule has 0 aliphatic heterocycles. The first-order valence-corrected chi connectivity index (χ1v) is 22.8. The lowest BCUT2D eigenvalue weighted by Gasteiger charge is -2.19. The number of nitrogens with one attached hydrogen (secondary N) is 2. The molecular formula is C48H48N2O12S2. The molecule has 0 aliphatic rings. The lowest BCUT2D eigenvalue weighted by Crippen LogP contribution is -2.16. The number of ether oxygens (including phenoxy) is 4. The van der Waals surface area contributed by atoms with Gasteiger partial charge in [0.25, 0.3) is 20.0 Å². The molecule has 0 bridgehead atoms. The first-order valence-electron chi connectivity index (χ1n) is 19.7. The van der Waals surface area contributed by atoms with Crippen LogP contribution in [0.25, 0.3) is 6.08 Å². The molecule has 0 fully saturated rings. The van der Waals surface area contributed by atoms with Gasteiger partial charge in [0.05, 0.1) is 32.8 Å². The molecule has 14 nitrogen and oxygen atoms in total. The molecule has 0 aliphatic carbocycles. The van der Waals surface area contributed by atoms with Gasteiger partial charge in [0.2, 0.25) is 0 Å². The molecule has 0 heterocycles. The minimum Gasteiger partial charge on any atom is -0.490 e. The zero-order chi connectivity index (χ0) is 46.2. The molecule has 16 heteroatoms. The van der Waals surface area contributed by atoms with Crippen molar-refractivity contribution in [3.8, 4) is 23.0 Å². The predicted molar refractivity (Wildman–Crippen MR) is 246 cm³/mol. The van der Waals surface area contributed by atoms with E-state index in [4.69, 9.17) is 29.2 Å². The van der Waals surface area contributed by atoms with Crippen LogP contribution < -0.4 is 28.4 Å². The number of carbonyl (C=O) groups is 2. The molecule has 0 saturated heterocycles. The molecule has 0 unspecified atom stereocenters. The molecule has 0 amide bonds. The lowest BCUT2D eigenvalue weighted by molar-refractivity contribution is 0.0686. The van der Waals surface area contributed by atoms with Crippen LogP contribution in [0.3, 0.4) is 0 Å². The van der Waals surface area contributed by atoms with E-state index in [1.807, 2.05) is 30.3 Å². The number of hydrogen-bond acceptors (Lipinski definition) is 10. The highest BCUT2D eigenvalue weighted by Crippen LogP contribution is 2.29. The molecule has 6 rings (SSSR count). The molecule has 0 radical (unpaired) electrons. The van der Waals surface area contributed by atoms with Crippen molar-refractivity contribution in [3.63, 3.8) is 0 Å². The van der Waals surface area contributed by atoms with Gasteiger partial charge in [-0.3, -0.25) is 9.44 Å². The Balaban J connectivity index is 0.000000241. The summed E-state index contributed by atoms with van der Waals surface area (Å²) >= 11 is 0. The maximum absolute atomic E-state index is 12.9. The zero-order valence-electron chi connectivity index (χ0n) is 35.2. The van der Waals surface area contributed by atoms with Gasteiger partial charge >= 0.3 is 11.9 Å². The molecule has 6 aromatic carbocycles. The molecule has 0 aromatic heterocycles. The molecule has 4 N–H and O–H groups in total. The van der Waals surface area contributed by atoms with Crippen molar-refractivity contribution in [1.82, 2.24) is 0 Å². The molecule has 0 spiro atoms. The second-order valence-corrected chi connectivity index (χ2v) is 18.0. The molecule has 334 valence electrons. The van der Waals surface area contributed by atoms with Gasteiger partial charge in [0.1, 0.15) is 49.4 Å². The molecular weight excluding hydrogens is 861 g/mol. The Labute approximate surface area is 372 Å². The number of anilines is 2. The molecule has 64 heavy (non-hydrogen) atoms. The Hall–Kier alpha value is -7.30. The second-order valence-electron chi connectivity index (χ2n) is 14.8. The van der Waals surface area contributed by atoms with Crippen molar-refractivity contribution >= 4 is 49.4 Å². The van der Waals surface area contributed by atoms with Crippen molar-refractivity contribution in [2.45, 2.75) is 31.1 Å². The smallest absolute Gasteiger partial charge is 0.335 e. The number of carboxylic acids is 2. The van der Waals surface area contributed by atoms with Gasteiger partial charge in [-0.1, -0.05) is 87.5 Å². The number of rotatable bonds is 19. The van der Waals surface area contributed by atoms with E-state index in [2.05, 4.69) is 30.2 Å². The highest BCUT2D eigenvalue weighted by molar-refractivity contribution is 7.95. The Bertz CT molecular complexity index is 2720. The third-order valence-corrected chi connectivity index (χ3v) is 11.3. The summed E-state index contributed by atoms with van der Waals surface area (Å²) in [5.41, 5.74) is 2.72. The van der Waals surface area contributed by atoms with Gasteiger partial charge in [-0.2, -0.15) is 0 Å². The van der Waals surface area contributed by atoms with E-state index in [1.165, 1.54) is 30.3 Å². The molecule has 6 aromatic rings. The van der Waals surface area contributed by atoms with Gasteiger partial charge in [-0.15, -0.1) is 0 Å². The van der Waals surface area contributed by atoms with Crippen LogP contribution >= 0.6 is 0 Å². The van der Waals surface area contributed by atoms with Gasteiger partial charge in [0, 0.05) is 0 Å². The number of sulfonamides is 2. The minimum absolute atomic E-state index is 0.0729. The quantitative estimate of drug-likeness (QED) is 0.0562. The lowest BCUT2D eigenvalue weighted by atomic mass is 9.87. The van der Waals surface area contributed by atoms with E-state index in [1.54, 1.807) is 97.1 Å². The maximum Gasteiger partial charge on any atom is 0.335 e. The Morgan fingerprint density at radius 3 is 1.41 bits per heavy atom. The van der Waals surface area contributed by atoms with Crippen molar-refractivity contribution in [1.29, 1.82) is 0 Å². The van der Waals surface area contributed by atoms with Gasteiger partial charge in [-0.05, 0) is 108 Å². The average Bonchev–Trinajstić information content (AvgIpc) is 3.27. The third kappa shape index (κ3) is 15.0. The highest BCUT2D eigenvalue weighted by atomic mass is 32.2. The number of hydrogen-bond donors (Lipinski definition) is 4. The number of carboxylic acid groups (broad SMARTS) is 2. The van der Waals surface area contributed by atoms with Crippen LogP contribution in [-0.2, 0) is 25.5 Å². The predicted octanol–water partition coefficient (Wildman–Crippen LogP) is 9.20. The molecule has 0 saturated carbocycles. The second kappa shape index (κ2) is 22.2. The van der Waals surface area contributed by atoms with E-state index in [-0.39, 0.29) is 47.9 Å². The Kier molecular flexibility index (Phi) is 16.5. The minimum atomic E-state index is -3.79. The summed E-state index contributed by atoms with van der Waals surface area (Å²) in [6.45, 7) is 6.92. The van der Waals surface area contributed by atoms with Crippen LogP contribution in [0.4, 0.5) is 11.4 Å². The zero-order valence-corrected chi connectivity index (χ0v) is 36.8. The topological polar surface area (TPSA) is 204 Å². The van der Waals surface area contributed by atoms with Crippen LogP contribution in [0, 0.1) is 0 Å². The van der Waals surface area contributed by atoms with Crippen molar-refractivity contribution in [2.24, 2.45) is 0 Å². The standard InChI is InChI=1S/C25H27NO6S.C23H21NO6S/c1-25(2,3)19-10-14-21(15-11-19)33(29,30)26-22-6-4-5-7-23(22)32-17-16-31-20-12-8-18(9-13-20)24(27)28;25-23(26)19-10-12-20(13-11-19)29-15-16-30-22-9-5-4-8-21(22)24-31(27,28)17-14-18-6-2-1-3-7-18/h4-15,26H,16-17H2,1-3H3,(H,27,28);1-14,17,24H,15-16H2,(H,25,26)/b;17-14+. The van der Waals surface area contributed by atoms with Crippen molar-refractivity contribution < 1.29 is 55.6 Å². The van der Waals surface area contributed by atoms with Gasteiger partial charge in [-0.25, -0.2) is 26.4 Å². The summed E-state index contributed by atoms with van der Waals surface area (Å²) in [5.74, 6) is -0.257. The largest absolute Gasteiger partial charge is 0.490 e. The van der Waals surface area contributed by atoms with Crippen molar-refractivity contribution in [2.75, 3.05) is 35.9 Å². The summed E-state index contributed by atoms with van der Waals surface area (Å²) in [6.07, 6.45) is 1.51. The number of aromatic carboxylic acids is 2. The fourth-order valence-corrected chi connectivity index (χ4v) is 7.57. The fourth-order valence-electron chi connectivity index (χ4n) is 5.62.